The van der Waals surface area contributed by atoms with Gasteiger partial charge in [-0.3, -0.25) is 4.99 Å². The number of benzene rings is 2. The summed E-state index contributed by atoms with van der Waals surface area (Å²) in [6.45, 7) is 2.06. The molecule has 0 saturated carbocycles. The van der Waals surface area contributed by atoms with Crippen LogP contribution < -0.4 is 15.5 Å². The number of guanidine groups is 1. The van der Waals surface area contributed by atoms with Crippen LogP contribution in [0.3, 0.4) is 0 Å². The fourth-order valence-corrected chi connectivity index (χ4v) is 3.52. The van der Waals surface area contributed by atoms with Gasteiger partial charge in [-0.1, -0.05) is 28.1 Å². The molecule has 0 aliphatic carbocycles. The van der Waals surface area contributed by atoms with Gasteiger partial charge in [-0.05, 0) is 43.2 Å². The number of aliphatic imine (C=N–C) groups is 1. The molecule has 2 aromatic rings. The van der Waals surface area contributed by atoms with Gasteiger partial charge in [-0.2, -0.15) is 0 Å². The standard InChI is InChI=1S/C20H23BrF2N4/c1-24-20(25-13-14-5-6-15(21)11-19(14)23)26-17-7-9-27(10-8-17)18-4-2-3-16(22)12-18/h2-6,11-12,17H,7-10,13H2,1H3,(H2,24,25,26). The normalized spacial score (nSPS) is 15.7. The van der Waals surface area contributed by atoms with Crippen molar-refractivity contribution in [3.63, 3.8) is 0 Å². The van der Waals surface area contributed by atoms with Gasteiger partial charge in [0.2, 0.25) is 0 Å². The van der Waals surface area contributed by atoms with Crippen LogP contribution in [0, 0.1) is 11.6 Å². The molecule has 0 spiro atoms. The number of nitrogens with zero attached hydrogens (tertiary/aromatic N) is 2. The minimum atomic E-state index is -0.254. The smallest absolute Gasteiger partial charge is 0.191 e. The molecule has 1 aliphatic rings. The second-order valence-corrected chi connectivity index (χ2v) is 7.46. The highest BCUT2D eigenvalue weighted by Crippen LogP contribution is 2.21. The molecule has 0 unspecified atom stereocenters. The van der Waals surface area contributed by atoms with E-state index in [1.54, 1.807) is 25.2 Å². The molecule has 1 saturated heterocycles. The first kappa shape index (κ1) is 19.6. The van der Waals surface area contributed by atoms with Gasteiger partial charge < -0.3 is 15.5 Å². The highest BCUT2D eigenvalue weighted by molar-refractivity contribution is 9.10. The van der Waals surface area contributed by atoms with Crippen molar-refractivity contribution in [1.82, 2.24) is 10.6 Å². The van der Waals surface area contributed by atoms with E-state index < -0.39 is 0 Å². The zero-order valence-electron chi connectivity index (χ0n) is 15.2. The van der Waals surface area contributed by atoms with Crippen LogP contribution in [-0.2, 0) is 6.54 Å². The third-order valence-electron chi connectivity index (χ3n) is 4.69. The molecule has 7 heteroatoms. The van der Waals surface area contributed by atoms with Gasteiger partial charge >= 0.3 is 0 Å². The largest absolute Gasteiger partial charge is 0.371 e. The van der Waals surface area contributed by atoms with E-state index >= 15 is 0 Å². The van der Waals surface area contributed by atoms with Crippen molar-refractivity contribution in [2.24, 2.45) is 4.99 Å². The van der Waals surface area contributed by atoms with E-state index in [-0.39, 0.29) is 17.7 Å². The van der Waals surface area contributed by atoms with Gasteiger partial charge in [0.15, 0.2) is 5.96 Å². The van der Waals surface area contributed by atoms with E-state index in [0.717, 1.165) is 36.1 Å². The Morgan fingerprint density at radius 3 is 2.63 bits per heavy atom. The molecule has 1 fully saturated rings. The van der Waals surface area contributed by atoms with Crippen molar-refractivity contribution in [2.45, 2.75) is 25.4 Å². The van der Waals surface area contributed by atoms with Gasteiger partial charge in [0.25, 0.3) is 0 Å². The molecule has 0 atom stereocenters. The highest BCUT2D eigenvalue weighted by atomic mass is 79.9. The Hall–Kier alpha value is -2.15. The summed E-state index contributed by atoms with van der Waals surface area (Å²) in [5, 5.41) is 6.56. The summed E-state index contributed by atoms with van der Waals surface area (Å²) < 4.78 is 28.1. The van der Waals surface area contributed by atoms with Gasteiger partial charge in [0, 0.05) is 48.4 Å². The minimum Gasteiger partial charge on any atom is -0.371 e. The summed E-state index contributed by atoms with van der Waals surface area (Å²) in [4.78, 5) is 6.42. The van der Waals surface area contributed by atoms with Crippen LogP contribution in [0.5, 0.6) is 0 Å². The van der Waals surface area contributed by atoms with E-state index in [4.69, 9.17) is 0 Å². The lowest BCUT2D eigenvalue weighted by atomic mass is 10.0. The Morgan fingerprint density at radius 1 is 1.19 bits per heavy atom. The second-order valence-electron chi connectivity index (χ2n) is 6.55. The third-order valence-corrected chi connectivity index (χ3v) is 5.19. The third kappa shape index (κ3) is 5.42. The number of rotatable bonds is 4. The van der Waals surface area contributed by atoms with Crippen molar-refractivity contribution in [2.75, 3.05) is 25.0 Å². The highest BCUT2D eigenvalue weighted by Gasteiger charge is 2.20. The molecule has 0 bridgehead atoms. The molecule has 0 amide bonds. The average molecular weight is 437 g/mol. The second kappa shape index (κ2) is 9.17. The monoisotopic (exact) mass is 436 g/mol. The summed E-state index contributed by atoms with van der Waals surface area (Å²) in [7, 11) is 1.70. The van der Waals surface area contributed by atoms with Crippen LogP contribution in [0.25, 0.3) is 0 Å². The van der Waals surface area contributed by atoms with Gasteiger partial charge in [-0.25, -0.2) is 8.78 Å². The van der Waals surface area contributed by atoms with Crippen molar-refractivity contribution < 1.29 is 8.78 Å². The lowest BCUT2D eigenvalue weighted by Gasteiger charge is -2.34. The summed E-state index contributed by atoms with van der Waals surface area (Å²) in [5.41, 5.74) is 1.50. The van der Waals surface area contributed by atoms with Crippen LogP contribution >= 0.6 is 15.9 Å². The number of halogens is 3. The number of anilines is 1. The van der Waals surface area contributed by atoms with E-state index in [1.165, 1.54) is 12.1 Å². The van der Waals surface area contributed by atoms with Crippen LogP contribution in [0.4, 0.5) is 14.5 Å². The molecule has 27 heavy (non-hydrogen) atoms. The van der Waals surface area contributed by atoms with Crippen LogP contribution in [0.1, 0.15) is 18.4 Å². The SMILES string of the molecule is CN=C(NCc1ccc(Br)cc1F)NC1CCN(c2cccc(F)c2)CC1. The van der Waals surface area contributed by atoms with Crippen LogP contribution in [0.15, 0.2) is 51.9 Å². The maximum Gasteiger partial charge on any atom is 0.191 e. The number of hydrogen-bond acceptors (Lipinski definition) is 2. The average Bonchev–Trinajstić information content (AvgIpc) is 2.67. The first-order valence-electron chi connectivity index (χ1n) is 8.97. The predicted molar refractivity (Wildman–Crippen MR) is 109 cm³/mol. The van der Waals surface area contributed by atoms with E-state index in [9.17, 15) is 8.78 Å². The maximum atomic E-state index is 13.9. The van der Waals surface area contributed by atoms with E-state index in [0.29, 0.717) is 18.1 Å². The fraction of sp³-hybridized carbons (Fsp3) is 0.350. The molecule has 1 aliphatic heterocycles. The first-order chi connectivity index (χ1) is 13.0. The number of hydrogen-bond donors (Lipinski definition) is 2. The predicted octanol–water partition coefficient (Wildman–Crippen LogP) is 4.06. The molecule has 0 aromatic heterocycles. The van der Waals surface area contributed by atoms with Crippen molar-refractivity contribution in [3.8, 4) is 0 Å². The Kier molecular flexibility index (Phi) is 6.66. The summed E-state index contributed by atoms with van der Waals surface area (Å²) in [5.74, 6) is 0.190. The summed E-state index contributed by atoms with van der Waals surface area (Å²) in [6.07, 6.45) is 1.84. The van der Waals surface area contributed by atoms with Gasteiger partial charge in [-0.15, -0.1) is 0 Å². The molecule has 3 rings (SSSR count). The Balaban J connectivity index is 1.49. The van der Waals surface area contributed by atoms with Crippen molar-refractivity contribution >= 4 is 27.6 Å². The lowest BCUT2D eigenvalue weighted by molar-refractivity contribution is 0.460. The van der Waals surface area contributed by atoms with Crippen LogP contribution in [-0.4, -0.2) is 32.1 Å². The van der Waals surface area contributed by atoms with Crippen molar-refractivity contribution in [1.29, 1.82) is 0 Å². The first-order valence-corrected chi connectivity index (χ1v) is 9.76. The lowest BCUT2D eigenvalue weighted by Crippen LogP contribution is -2.48. The maximum absolute atomic E-state index is 13.9. The summed E-state index contributed by atoms with van der Waals surface area (Å²) in [6, 6.07) is 12.0. The van der Waals surface area contributed by atoms with Gasteiger partial charge in [0.05, 0.1) is 0 Å². The zero-order chi connectivity index (χ0) is 19.2. The fourth-order valence-electron chi connectivity index (χ4n) is 3.19. The summed E-state index contributed by atoms with van der Waals surface area (Å²) >= 11 is 3.26. The minimum absolute atomic E-state index is 0.211. The Labute approximate surface area is 166 Å². The molecule has 0 radical (unpaired) electrons. The molecule has 2 aromatic carbocycles. The quantitative estimate of drug-likeness (QED) is 0.560. The molecular weight excluding hydrogens is 414 g/mol. The number of nitrogens with one attached hydrogen (secondary N) is 2. The molecule has 2 N–H and O–H groups in total. The van der Waals surface area contributed by atoms with Gasteiger partial charge in [0.1, 0.15) is 11.6 Å². The number of piperidine rings is 1. The Bertz CT molecular complexity index is 804. The Morgan fingerprint density at radius 2 is 1.96 bits per heavy atom. The molecule has 4 nitrogen and oxygen atoms in total. The topological polar surface area (TPSA) is 39.7 Å². The van der Waals surface area contributed by atoms with Crippen molar-refractivity contribution in [3.05, 3.63) is 64.1 Å². The molecular formula is C20H23BrF2N4. The molecule has 144 valence electrons. The van der Waals surface area contributed by atoms with E-state index in [1.807, 2.05) is 12.1 Å². The molecule has 1 heterocycles. The van der Waals surface area contributed by atoms with E-state index in [2.05, 4.69) is 36.5 Å². The van der Waals surface area contributed by atoms with Crippen LogP contribution in [0.2, 0.25) is 0 Å². The zero-order valence-corrected chi connectivity index (χ0v) is 16.8.